The summed E-state index contributed by atoms with van der Waals surface area (Å²) in [5.74, 6) is -6.13. The first-order valence-electron chi connectivity index (χ1n) is 6.16. The van der Waals surface area contributed by atoms with Crippen LogP contribution in [-0.4, -0.2) is 47.2 Å². The van der Waals surface area contributed by atoms with Crippen LogP contribution in [0.4, 0.5) is 0 Å². The molecular weight excluding hydrogens is 701 g/mol. The number of carbonyl (C=O) groups is 3. The molecule has 0 saturated carbocycles. The molecule has 0 bridgehead atoms. The monoisotopic (exact) mass is 712 g/mol. The number of halogens is 9. The summed E-state index contributed by atoms with van der Waals surface area (Å²) in [6.07, 6.45) is 0. The minimum atomic E-state index is -2.28. The van der Waals surface area contributed by atoms with Gasteiger partial charge >= 0.3 is 17.4 Å². The molecule has 0 amide bonds. The Balaban J connectivity index is -0.0000000522. The maximum absolute atomic E-state index is 9.51. The molecule has 0 fully saturated rings. The van der Waals surface area contributed by atoms with Crippen molar-refractivity contribution in [2.45, 2.75) is 11.4 Å². The second-order valence-corrected chi connectivity index (χ2v) is 10.6. The van der Waals surface area contributed by atoms with E-state index in [-0.39, 0.29) is 35.2 Å². The summed E-state index contributed by atoms with van der Waals surface area (Å²) in [5, 5.41) is 46.7. The van der Waals surface area contributed by atoms with Crippen LogP contribution in [-0.2, 0) is 31.7 Å². The van der Waals surface area contributed by atoms with Crippen LogP contribution in [0.15, 0.2) is 0 Å². The van der Waals surface area contributed by atoms with Crippen LogP contribution in [0.2, 0.25) is 0 Å². The van der Waals surface area contributed by atoms with Crippen molar-refractivity contribution in [2.75, 3.05) is 0 Å². The van der Waals surface area contributed by atoms with Gasteiger partial charge < -0.3 is 64.1 Å². The molecule has 0 aliphatic heterocycles. The third-order valence-electron chi connectivity index (χ3n) is 0.694. The van der Waals surface area contributed by atoms with Gasteiger partial charge in [0, 0.05) is 0 Å². The molecular formula is C9H15Cl9CrN9O6. The van der Waals surface area contributed by atoms with Gasteiger partial charge in [0.1, 0.15) is 0 Å². The predicted octanol–water partition coefficient (Wildman–Crippen LogP) is -3.17. The summed E-state index contributed by atoms with van der Waals surface area (Å²) in [6, 6.07) is 0. The van der Waals surface area contributed by atoms with Crippen LogP contribution >= 0.6 is 104 Å². The number of carbonyl (C=O) groups excluding carboxylic acids is 3. The molecule has 0 unspecified atom stereocenters. The summed E-state index contributed by atoms with van der Waals surface area (Å²) in [6.45, 7) is 0. The number of hydrogen-bond acceptors (Lipinski definition) is 9. The van der Waals surface area contributed by atoms with Gasteiger partial charge in [-0.2, -0.15) is 0 Å². The largest absolute Gasteiger partial charge is 3.00 e. The number of guanidine groups is 3. The van der Waals surface area contributed by atoms with Crippen molar-refractivity contribution in [3.63, 3.8) is 0 Å². The van der Waals surface area contributed by atoms with Crippen LogP contribution in [0.5, 0.6) is 0 Å². The molecule has 0 aliphatic rings. The number of alkyl halides is 9. The second kappa shape index (κ2) is 25.5. The average molecular weight is 716 g/mol. The standard InChI is InChI=1S/3C2HCl3O2.3CH5N3.Cr/c3*3-2(4,5)1(6)7;3*2-1(3)4;/h3*(H,6,7);3*(H5,2,3,4);/q;;;;;;+3/p-3. The quantitative estimate of drug-likeness (QED) is 0.0681. The Morgan fingerprint density at radius 3 is 0.500 bits per heavy atom. The second-order valence-electron chi connectivity index (χ2n) is 3.72. The summed E-state index contributed by atoms with van der Waals surface area (Å²) < 4.78 is -6.83. The van der Waals surface area contributed by atoms with Crippen LogP contribution in [0, 0.1) is 16.2 Å². The van der Waals surface area contributed by atoms with Crippen molar-refractivity contribution in [3.8, 4) is 0 Å². The molecule has 0 aliphatic carbocycles. The van der Waals surface area contributed by atoms with Crippen molar-refractivity contribution in [3.05, 3.63) is 0 Å². The maximum Gasteiger partial charge on any atom is 3.00 e. The Kier molecular flexibility index (Phi) is 37.6. The van der Waals surface area contributed by atoms with E-state index in [1.54, 1.807) is 0 Å². The van der Waals surface area contributed by atoms with E-state index in [4.69, 9.17) is 121 Å². The van der Waals surface area contributed by atoms with E-state index in [0.29, 0.717) is 0 Å². The maximum atomic E-state index is 9.51. The van der Waals surface area contributed by atoms with Crippen LogP contribution in [0.25, 0.3) is 0 Å². The van der Waals surface area contributed by atoms with E-state index in [0.717, 1.165) is 0 Å². The van der Waals surface area contributed by atoms with Gasteiger partial charge in [0.25, 0.3) is 0 Å². The molecule has 0 saturated heterocycles. The molecule has 15 N–H and O–H groups in total. The third-order valence-corrected chi connectivity index (χ3v) is 2.08. The minimum absolute atomic E-state index is 0. The van der Waals surface area contributed by atoms with Gasteiger partial charge in [0.15, 0.2) is 17.9 Å². The Morgan fingerprint density at radius 2 is 0.500 bits per heavy atom. The van der Waals surface area contributed by atoms with Gasteiger partial charge in [-0.05, 0) is 0 Å². The Morgan fingerprint density at radius 1 is 0.471 bits per heavy atom. The molecule has 15 nitrogen and oxygen atoms in total. The smallest absolute Gasteiger partial charge is 0.545 e. The summed E-state index contributed by atoms with van der Waals surface area (Å²) >= 11 is 42.6. The summed E-state index contributed by atoms with van der Waals surface area (Å²) in [4.78, 5) is 28.5. The fourth-order valence-corrected chi connectivity index (χ4v) is 0. The molecule has 201 valence electrons. The fourth-order valence-electron chi connectivity index (χ4n) is 0. The number of hydrogen-bond donors (Lipinski definition) is 9. The van der Waals surface area contributed by atoms with E-state index in [9.17, 15) is 29.7 Å². The van der Waals surface area contributed by atoms with E-state index in [1.807, 2.05) is 0 Å². The van der Waals surface area contributed by atoms with Crippen LogP contribution < -0.4 is 49.7 Å². The molecule has 0 rings (SSSR count). The van der Waals surface area contributed by atoms with Gasteiger partial charge in [0.05, 0.1) is 17.9 Å². The van der Waals surface area contributed by atoms with Gasteiger partial charge in [-0.15, -0.1) is 0 Å². The molecule has 34 heavy (non-hydrogen) atoms. The number of carboxylic acid groups (broad SMARTS) is 3. The normalized spacial score (nSPS) is 9.09. The van der Waals surface area contributed by atoms with Crippen molar-refractivity contribution in [2.24, 2.45) is 34.4 Å². The van der Waals surface area contributed by atoms with E-state index < -0.39 is 29.3 Å². The number of nitrogens with two attached hydrogens (primary N) is 6. The zero-order valence-corrected chi connectivity index (χ0v) is 23.8. The Hall–Kier alpha value is -0.638. The first-order valence-corrected chi connectivity index (χ1v) is 9.56. The van der Waals surface area contributed by atoms with Crippen molar-refractivity contribution in [1.82, 2.24) is 0 Å². The van der Waals surface area contributed by atoms with Crippen molar-refractivity contribution in [1.29, 1.82) is 16.2 Å². The molecule has 0 spiro atoms. The SMILES string of the molecule is N=C(N)N.N=C(N)N.N=C(N)N.O=C([O-])C(Cl)(Cl)Cl.O=C([O-])C(Cl)(Cl)Cl.O=C([O-])C(Cl)(Cl)Cl.[Cr+3]. The number of rotatable bonds is 0. The minimum Gasteiger partial charge on any atom is -0.545 e. The Labute approximate surface area is 247 Å². The van der Waals surface area contributed by atoms with Gasteiger partial charge in [-0.3, -0.25) is 16.2 Å². The Bertz CT molecular complexity index is 543. The van der Waals surface area contributed by atoms with Crippen molar-refractivity contribution < 1.29 is 47.1 Å². The van der Waals surface area contributed by atoms with E-state index in [1.165, 1.54) is 0 Å². The fraction of sp³-hybridized carbons (Fsp3) is 0.333. The van der Waals surface area contributed by atoms with E-state index >= 15 is 0 Å². The molecule has 0 aromatic heterocycles. The van der Waals surface area contributed by atoms with Crippen LogP contribution in [0.1, 0.15) is 0 Å². The topological polar surface area (TPSA) is 348 Å². The molecule has 0 heterocycles. The zero-order chi connectivity index (χ0) is 29.0. The zero-order valence-electron chi connectivity index (χ0n) is 15.7. The van der Waals surface area contributed by atoms with E-state index in [2.05, 4.69) is 34.4 Å². The molecule has 0 atom stereocenters. The molecule has 0 aromatic carbocycles. The molecule has 25 heteroatoms. The average Bonchev–Trinajstić information content (AvgIpc) is 2.43. The van der Waals surface area contributed by atoms with Crippen molar-refractivity contribution >= 4 is 140 Å². The first-order chi connectivity index (χ1) is 14.0. The third kappa shape index (κ3) is 95.9. The summed E-state index contributed by atoms with van der Waals surface area (Å²) in [5.41, 5.74) is 26.8. The molecule has 0 aromatic rings. The summed E-state index contributed by atoms with van der Waals surface area (Å²) in [7, 11) is 0. The first kappa shape index (κ1) is 50.3. The number of carboxylic acids is 3. The molecule has 1 radical (unpaired) electrons. The number of aliphatic carboxylic acids is 3. The van der Waals surface area contributed by atoms with Crippen LogP contribution in [0.3, 0.4) is 0 Å². The van der Waals surface area contributed by atoms with Gasteiger partial charge in [0.2, 0.25) is 11.4 Å². The van der Waals surface area contributed by atoms with Gasteiger partial charge in [-0.25, -0.2) is 0 Å². The number of nitrogens with one attached hydrogen (secondary N) is 3. The predicted molar refractivity (Wildman–Crippen MR) is 124 cm³/mol. The van der Waals surface area contributed by atoms with Gasteiger partial charge in [-0.1, -0.05) is 104 Å².